The van der Waals surface area contributed by atoms with Crippen LogP contribution in [0.3, 0.4) is 0 Å². The maximum Gasteiger partial charge on any atom is 0.249 e. The topological polar surface area (TPSA) is 185 Å². The number of methoxy groups -OCH3 is 1. The summed E-state index contributed by atoms with van der Waals surface area (Å²) in [5, 5.41) is 35.9. The van der Waals surface area contributed by atoms with Gasteiger partial charge in [0.15, 0.2) is 0 Å². The molecule has 226 valence electrons. The van der Waals surface area contributed by atoms with Crippen molar-refractivity contribution in [3.05, 3.63) is 35.4 Å². The van der Waals surface area contributed by atoms with Crippen molar-refractivity contribution in [3.63, 3.8) is 0 Å². The fraction of sp³-hybridized carbons (Fsp3) is 0.607. The highest BCUT2D eigenvalue weighted by Gasteiger charge is 2.46. The van der Waals surface area contributed by atoms with Crippen molar-refractivity contribution in [2.75, 3.05) is 46.4 Å². The summed E-state index contributed by atoms with van der Waals surface area (Å²) in [5.74, 6) is -1.52. The Morgan fingerprint density at radius 3 is 2.55 bits per heavy atom. The van der Waals surface area contributed by atoms with Gasteiger partial charge in [-0.1, -0.05) is 12.1 Å². The summed E-state index contributed by atoms with van der Waals surface area (Å²) < 4.78 is 10.8. The van der Waals surface area contributed by atoms with Gasteiger partial charge in [-0.2, -0.15) is 5.26 Å². The molecule has 0 aromatic heterocycles. The van der Waals surface area contributed by atoms with Crippen LogP contribution in [0.2, 0.25) is 0 Å². The molecule has 1 aromatic carbocycles. The van der Waals surface area contributed by atoms with Crippen molar-refractivity contribution in [1.82, 2.24) is 25.3 Å². The number of hydrogen-bond donors (Lipinski definition) is 4. The number of rotatable bonds is 4. The van der Waals surface area contributed by atoms with E-state index in [-0.39, 0.29) is 57.1 Å². The summed E-state index contributed by atoms with van der Waals surface area (Å²) in [7, 11) is 1.38. The van der Waals surface area contributed by atoms with Crippen LogP contribution in [-0.4, -0.2) is 138 Å². The van der Waals surface area contributed by atoms with Crippen molar-refractivity contribution >= 4 is 23.6 Å². The summed E-state index contributed by atoms with van der Waals surface area (Å²) in [5.41, 5.74) is 1.41. The molecule has 1 aromatic rings. The second kappa shape index (κ2) is 12.7. The molecule has 7 atom stereocenters. The first-order chi connectivity index (χ1) is 20.2. The van der Waals surface area contributed by atoms with Crippen molar-refractivity contribution < 1.29 is 38.9 Å². The van der Waals surface area contributed by atoms with Crippen LogP contribution in [0.25, 0.3) is 0 Å². The smallest absolute Gasteiger partial charge is 0.249 e. The van der Waals surface area contributed by atoms with Gasteiger partial charge in [0.1, 0.15) is 31.0 Å². The number of likely N-dealkylation sites (tertiary alicyclic amines) is 1. The Bertz CT molecular complexity index is 1240. The van der Waals surface area contributed by atoms with E-state index in [1.165, 1.54) is 12.0 Å². The van der Waals surface area contributed by atoms with Crippen LogP contribution >= 0.6 is 0 Å². The van der Waals surface area contributed by atoms with Gasteiger partial charge in [-0.15, -0.1) is 0 Å². The summed E-state index contributed by atoms with van der Waals surface area (Å²) in [4.78, 5) is 58.1. The van der Waals surface area contributed by atoms with Gasteiger partial charge in [-0.3, -0.25) is 24.1 Å². The van der Waals surface area contributed by atoms with Crippen LogP contribution in [0.1, 0.15) is 24.0 Å². The Balaban J connectivity index is 1.43. The maximum absolute atomic E-state index is 14.0. The Hall–Kier alpha value is -3.61. The van der Waals surface area contributed by atoms with E-state index in [0.29, 0.717) is 25.1 Å². The van der Waals surface area contributed by atoms with E-state index in [1.54, 1.807) is 17.0 Å². The van der Waals surface area contributed by atoms with Crippen LogP contribution < -0.4 is 10.6 Å². The van der Waals surface area contributed by atoms with Crippen molar-refractivity contribution in [2.45, 2.75) is 61.9 Å². The third kappa shape index (κ3) is 6.25. The molecule has 0 spiro atoms. The van der Waals surface area contributed by atoms with E-state index in [0.717, 1.165) is 5.56 Å². The molecular weight excluding hydrogens is 548 g/mol. The standard InChI is InChI=1S/C28H36N6O8/c1-41-15-24(36)34-7-6-32-14-20(34)27(39)30-11-22-26(38)25(37)21(42-22)9-23(35)31-18-8-19(28(32)40)33(13-18)12-17-4-2-16(10-29)3-5-17/h2-5,18-22,25-26,37-38H,6-9,11-15H2,1H3,(H,30,39)(H,31,35)/t18-,19-,20-,21-,22+,25-,26+/m0/s1. The monoisotopic (exact) mass is 584 g/mol. The zero-order chi connectivity index (χ0) is 30.0. The van der Waals surface area contributed by atoms with E-state index < -0.39 is 48.3 Å². The molecular formula is C28H36N6O8. The molecule has 4 aliphatic rings. The number of nitrogens with zero attached hydrogens (tertiary/aromatic N) is 4. The van der Waals surface area contributed by atoms with E-state index in [4.69, 9.17) is 14.7 Å². The molecule has 0 radical (unpaired) electrons. The average molecular weight is 585 g/mol. The van der Waals surface area contributed by atoms with Gasteiger partial charge in [0.05, 0.1) is 36.7 Å². The van der Waals surface area contributed by atoms with E-state index in [9.17, 15) is 29.4 Å². The predicted octanol–water partition coefficient (Wildman–Crippen LogP) is -2.69. The number of fused-ring (bicyclic) bond motifs is 6. The number of carbonyl (C=O) groups is 4. The number of ether oxygens (including phenoxy) is 2. The van der Waals surface area contributed by atoms with Gasteiger partial charge >= 0.3 is 0 Å². The van der Waals surface area contributed by atoms with E-state index in [2.05, 4.69) is 16.7 Å². The van der Waals surface area contributed by atoms with Gasteiger partial charge in [0.25, 0.3) is 0 Å². The van der Waals surface area contributed by atoms with Crippen molar-refractivity contribution in [2.24, 2.45) is 0 Å². The fourth-order valence-corrected chi connectivity index (χ4v) is 6.23. The maximum atomic E-state index is 14.0. The Morgan fingerprint density at radius 2 is 1.83 bits per heavy atom. The molecule has 4 fully saturated rings. The molecule has 4 amide bonds. The van der Waals surface area contributed by atoms with Crippen LogP contribution in [0.15, 0.2) is 24.3 Å². The lowest BCUT2D eigenvalue weighted by Gasteiger charge is -2.42. The molecule has 42 heavy (non-hydrogen) atoms. The number of carbonyl (C=O) groups excluding carboxylic acids is 4. The molecule has 0 saturated carbocycles. The minimum atomic E-state index is -1.33. The number of amides is 4. The first-order valence-corrected chi connectivity index (χ1v) is 14.1. The molecule has 4 N–H and O–H groups in total. The third-order valence-corrected chi connectivity index (χ3v) is 8.43. The van der Waals surface area contributed by atoms with Crippen LogP contribution in [0.5, 0.6) is 0 Å². The first-order valence-electron chi connectivity index (χ1n) is 14.1. The third-order valence-electron chi connectivity index (χ3n) is 8.43. The second-order valence-electron chi connectivity index (χ2n) is 11.2. The van der Waals surface area contributed by atoms with Gasteiger partial charge in [0, 0.05) is 45.9 Å². The van der Waals surface area contributed by atoms with Crippen LogP contribution in [0, 0.1) is 11.3 Å². The number of benzene rings is 1. The summed E-state index contributed by atoms with van der Waals surface area (Å²) in [6.45, 7) is 0.679. The zero-order valence-corrected chi connectivity index (χ0v) is 23.3. The minimum Gasteiger partial charge on any atom is -0.388 e. The van der Waals surface area contributed by atoms with E-state index in [1.807, 2.05) is 17.0 Å². The summed E-state index contributed by atoms with van der Waals surface area (Å²) in [6.07, 6.45) is -4.48. The number of piperazine rings is 1. The minimum absolute atomic E-state index is 0.0440. The highest BCUT2D eigenvalue weighted by molar-refractivity contribution is 5.90. The Morgan fingerprint density at radius 1 is 1.10 bits per heavy atom. The lowest BCUT2D eigenvalue weighted by Crippen LogP contribution is -2.64. The van der Waals surface area contributed by atoms with Crippen molar-refractivity contribution in [3.8, 4) is 6.07 Å². The molecule has 5 rings (SSSR count). The molecule has 14 heteroatoms. The molecule has 6 bridgehead atoms. The van der Waals surface area contributed by atoms with Crippen LogP contribution in [0.4, 0.5) is 0 Å². The normalized spacial score (nSPS) is 32.3. The largest absolute Gasteiger partial charge is 0.388 e. The molecule has 4 saturated heterocycles. The van der Waals surface area contributed by atoms with Gasteiger partial charge in [-0.05, 0) is 24.1 Å². The molecule has 0 unspecified atom stereocenters. The molecule has 4 aliphatic heterocycles. The first kappa shape index (κ1) is 29.9. The number of nitriles is 1. The zero-order valence-electron chi connectivity index (χ0n) is 23.3. The molecule has 14 nitrogen and oxygen atoms in total. The Labute approximate surface area is 243 Å². The quantitative estimate of drug-likeness (QED) is 0.291. The Kier molecular flexibility index (Phi) is 9.05. The molecule has 0 aliphatic carbocycles. The number of hydrogen-bond acceptors (Lipinski definition) is 10. The summed E-state index contributed by atoms with van der Waals surface area (Å²) >= 11 is 0. The van der Waals surface area contributed by atoms with Crippen molar-refractivity contribution in [1.29, 1.82) is 5.26 Å². The van der Waals surface area contributed by atoms with Crippen LogP contribution in [-0.2, 0) is 35.2 Å². The lowest BCUT2D eigenvalue weighted by atomic mass is 10.0. The van der Waals surface area contributed by atoms with Gasteiger partial charge in [0.2, 0.25) is 23.6 Å². The fourth-order valence-electron chi connectivity index (χ4n) is 6.23. The highest BCUT2D eigenvalue weighted by Crippen LogP contribution is 2.27. The van der Waals surface area contributed by atoms with E-state index >= 15 is 0 Å². The highest BCUT2D eigenvalue weighted by atomic mass is 16.5. The summed E-state index contributed by atoms with van der Waals surface area (Å²) in [6, 6.07) is 7.16. The number of nitrogens with one attached hydrogen (secondary N) is 2. The number of aliphatic hydroxyl groups excluding tert-OH is 2. The average Bonchev–Trinajstić information content (AvgIpc) is 3.50. The lowest BCUT2D eigenvalue weighted by molar-refractivity contribution is -0.152. The predicted molar refractivity (Wildman–Crippen MR) is 144 cm³/mol. The number of aliphatic hydroxyl groups is 2. The van der Waals surface area contributed by atoms with Gasteiger partial charge in [-0.25, -0.2) is 0 Å². The SMILES string of the molecule is COCC(=O)N1CCN2C[C@H]1C(=O)NC[C@H]1O[C@@H](CC(=O)N[C@H]3C[C@@H](C2=O)N(Cc2ccc(C#N)cc2)C3)[C@H](O)[C@@H]1O. The molecule has 4 heterocycles. The van der Waals surface area contributed by atoms with Gasteiger partial charge < -0.3 is 40.1 Å². The second-order valence-corrected chi connectivity index (χ2v) is 11.2.